The summed E-state index contributed by atoms with van der Waals surface area (Å²) in [6, 6.07) is 13.9. The number of benzene rings is 2. The molecule has 0 saturated heterocycles. The number of carbonyl (C=O) groups is 2. The first-order chi connectivity index (χ1) is 16.4. The largest absolute Gasteiger partial charge is 0.478 e. The van der Waals surface area contributed by atoms with Gasteiger partial charge in [0, 0.05) is 32.0 Å². The molecule has 0 heterocycles. The molecule has 0 aromatic heterocycles. The predicted octanol–water partition coefficient (Wildman–Crippen LogP) is 7.17. The fourth-order valence-corrected chi connectivity index (χ4v) is 3.56. The Morgan fingerprint density at radius 2 is 1.26 bits per heavy atom. The molecule has 3 N–H and O–H groups in total. The molecule has 2 aromatic carbocycles. The van der Waals surface area contributed by atoms with Crippen LogP contribution in [0.4, 0.5) is 11.4 Å². The van der Waals surface area contributed by atoms with E-state index in [0.717, 1.165) is 24.3 Å². The number of nitrogens with zero attached hydrogens (tertiary/aromatic N) is 1. The van der Waals surface area contributed by atoms with Crippen molar-refractivity contribution in [1.82, 2.24) is 0 Å². The molecule has 0 unspecified atom stereocenters. The minimum Gasteiger partial charge on any atom is -0.478 e. The Balaban J connectivity index is 0.000000404. The molecule has 0 amide bonds. The molecule has 34 heavy (non-hydrogen) atoms. The van der Waals surface area contributed by atoms with Crippen molar-refractivity contribution in [2.75, 3.05) is 30.9 Å². The molecule has 0 saturated carbocycles. The molecule has 6 nitrogen and oxygen atoms in total. The second-order valence-electron chi connectivity index (χ2n) is 8.71. The topological polar surface area (TPSA) is 89.9 Å². The number of hydrogen-bond acceptors (Lipinski definition) is 4. The number of nitrogens with one attached hydrogen (secondary N) is 1. The van der Waals surface area contributed by atoms with Gasteiger partial charge in [-0.1, -0.05) is 76.8 Å². The highest BCUT2D eigenvalue weighted by molar-refractivity contribution is 5.94. The standard InChI is InChI=1S/C19H31NO2.C9H11NO2/c1-2-3-4-5-6-7-8-9-10-13-16-20-18-15-12-11-14-17(18)19(21)22;1-10(2)8-5-3-7(4-6-8)9(11)12/h11-12,14-15,20H,2-10,13,16H2,1H3,(H,21,22);3-6H,1-2H3,(H,11,12). The second kappa shape index (κ2) is 17.5. The fourth-order valence-electron chi connectivity index (χ4n) is 3.56. The molecule has 188 valence electrons. The van der Waals surface area contributed by atoms with Gasteiger partial charge in [0.15, 0.2) is 0 Å². The van der Waals surface area contributed by atoms with Gasteiger partial charge in [-0.15, -0.1) is 0 Å². The van der Waals surface area contributed by atoms with Crippen LogP contribution in [0.1, 0.15) is 91.8 Å². The molecule has 6 heteroatoms. The smallest absolute Gasteiger partial charge is 0.337 e. The highest BCUT2D eigenvalue weighted by Crippen LogP contribution is 2.16. The van der Waals surface area contributed by atoms with Crippen molar-refractivity contribution in [3.8, 4) is 0 Å². The third-order valence-corrected chi connectivity index (χ3v) is 5.63. The van der Waals surface area contributed by atoms with E-state index in [1.54, 1.807) is 36.4 Å². The zero-order valence-corrected chi connectivity index (χ0v) is 21.1. The molecule has 0 atom stereocenters. The molecule has 2 aromatic rings. The molecular weight excluding hydrogens is 428 g/mol. The minimum absolute atomic E-state index is 0.320. The average molecular weight is 471 g/mol. The van der Waals surface area contributed by atoms with Crippen LogP contribution in [0.15, 0.2) is 48.5 Å². The number of aromatic carboxylic acids is 2. The summed E-state index contributed by atoms with van der Waals surface area (Å²) in [6.45, 7) is 3.10. The monoisotopic (exact) mass is 470 g/mol. The van der Waals surface area contributed by atoms with E-state index in [1.807, 2.05) is 31.1 Å². The van der Waals surface area contributed by atoms with Gasteiger partial charge >= 0.3 is 11.9 Å². The molecule has 0 spiro atoms. The molecular formula is C28H42N2O4. The minimum atomic E-state index is -0.889. The Bertz CT molecular complexity index is 835. The summed E-state index contributed by atoms with van der Waals surface area (Å²) >= 11 is 0. The summed E-state index contributed by atoms with van der Waals surface area (Å²) in [5.41, 5.74) is 2.40. The lowest BCUT2D eigenvalue weighted by Crippen LogP contribution is -2.08. The van der Waals surface area contributed by atoms with Crippen molar-refractivity contribution in [3.63, 3.8) is 0 Å². The van der Waals surface area contributed by atoms with E-state index in [9.17, 15) is 9.59 Å². The average Bonchev–Trinajstić information content (AvgIpc) is 2.83. The Morgan fingerprint density at radius 3 is 1.76 bits per heavy atom. The number of anilines is 2. The number of unbranched alkanes of at least 4 members (excludes halogenated alkanes) is 9. The first kappa shape index (κ1) is 29.0. The Labute approximate surface area is 205 Å². The van der Waals surface area contributed by atoms with Crippen LogP contribution < -0.4 is 10.2 Å². The summed E-state index contributed by atoms with van der Waals surface area (Å²) < 4.78 is 0. The first-order valence-electron chi connectivity index (χ1n) is 12.4. The lowest BCUT2D eigenvalue weighted by atomic mass is 10.1. The molecule has 0 aliphatic heterocycles. The van der Waals surface area contributed by atoms with Gasteiger partial charge in [0.1, 0.15) is 0 Å². The predicted molar refractivity (Wildman–Crippen MR) is 141 cm³/mol. The highest BCUT2D eigenvalue weighted by Gasteiger charge is 2.07. The number of carboxylic acids is 2. The van der Waals surface area contributed by atoms with E-state index < -0.39 is 11.9 Å². The van der Waals surface area contributed by atoms with Crippen molar-refractivity contribution in [3.05, 3.63) is 59.7 Å². The van der Waals surface area contributed by atoms with E-state index >= 15 is 0 Å². The maximum Gasteiger partial charge on any atom is 0.337 e. The van der Waals surface area contributed by atoms with Gasteiger partial charge in [-0.3, -0.25) is 0 Å². The highest BCUT2D eigenvalue weighted by atomic mass is 16.4. The van der Waals surface area contributed by atoms with Crippen molar-refractivity contribution in [2.45, 2.75) is 71.1 Å². The van der Waals surface area contributed by atoms with Crippen LogP contribution in [0.3, 0.4) is 0 Å². The van der Waals surface area contributed by atoms with Crippen LogP contribution >= 0.6 is 0 Å². The van der Waals surface area contributed by atoms with Crippen molar-refractivity contribution >= 4 is 23.3 Å². The zero-order valence-electron chi connectivity index (χ0n) is 21.1. The van der Waals surface area contributed by atoms with Gasteiger partial charge in [-0.05, 0) is 42.8 Å². The third kappa shape index (κ3) is 12.3. The van der Waals surface area contributed by atoms with Crippen LogP contribution in [-0.2, 0) is 0 Å². The number of rotatable bonds is 15. The van der Waals surface area contributed by atoms with Crippen molar-refractivity contribution in [2.24, 2.45) is 0 Å². The van der Waals surface area contributed by atoms with E-state index in [4.69, 9.17) is 10.2 Å². The van der Waals surface area contributed by atoms with Gasteiger partial charge in [0.05, 0.1) is 11.1 Å². The zero-order chi connectivity index (χ0) is 25.2. The summed E-state index contributed by atoms with van der Waals surface area (Å²) in [4.78, 5) is 23.5. The fraction of sp³-hybridized carbons (Fsp3) is 0.500. The van der Waals surface area contributed by atoms with E-state index in [0.29, 0.717) is 11.1 Å². The van der Waals surface area contributed by atoms with Gasteiger partial charge in [0.2, 0.25) is 0 Å². The summed E-state index contributed by atoms with van der Waals surface area (Å²) in [7, 11) is 3.82. The maximum absolute atomic E-state index is 11.1. The summed E-state index contributed by atoms with van der Waals surface area (Å²) in [5.74, 6) is -1.76. The first-order valence-corrected chi connectivity index (χ1v) is 12.4. The summed E-state index contributed by atoms with van der Waals surface area (Å²) in [5, 5.41) is 20.9. The lowest BCUT2D eigenvalue weighted by Gasteiger charge is -2.11. The molecule has 0 aliphatic carbocycles. The van der Waals surface area contributed by atoms with Crippen LogP contribution in [0.25, 0.3) is 0 Å². The van der Waals surface area contributed by atoms with Crippen LogP contribution in [0.5, 0.6) is 0 Å². The van der Waals surface area contributed by atoms with Gasteiger partial charge < -0.3 is 20.4 Å². The molecule has 0 radical (unpaired) electrons. The molecule has 0 fully saturated rings. The van der Waals surface area contributed by atoms with Crippen LogP contribution in [-0.4, -0.2) is 42.8 Å². The Morgan fingerprint density at radius 1 is 0.735 bits per heavy atom. The van der Waals surface area contributed by atoms with E-state index in [2.05, 4.69) is 12.2 Å². The maximum atomic E-state index is 11.1. The Hall–Kier alpha value is -3.02. The SMILES string of the molecule is CCCCCCCCCCCCNc1ccccc1C(=O)O.CN(C)c1ccc(C(=O)O)cc1. The number of hydrogen-bond donors (Lipinski definition) is 3. The van der Waals surface area contributed by atoms with Crippen molar-refractivity contribution in [1.29, 1.82) is 0 Å². The van der Waals surface area contributed by atoms with Crippen LogP contribution in [0.2, 0.25) is 0 Å². The number of para-hydroxylation sites is 1. The Kier molecular flexibility index (Phi) is 14.9. The summed E-state index contributed by atoms with van der Waals surface area (Å²) in [6.07, 6.45) is 13.2. The van der Waals surface area contributed by atoms with Gasteiger partial charge in [0.25, 0.3) is 0 Å². The van der Waals surface area contributed by atoms with Gasteiger partial charge in [-0.2, -0.15) is 0 Å². The third-order valence-electron chi connectivity index (χ3n) is 5.63. The molecule has 0 aliphatic rings. The quantitative estimate of drug-likeness (QED) is 0.239. The molecule has 0 bridgehead atoms. The van der Waals surface area contributed by atoms with E-state index in [1.165, 1.54) is 57.8 Å². The van der Waals surface area contributed by atoms with Crippen molar-refractivity contribution < 1.29 is 19.8 Å². The van der Waals surface area contributed by atoms with Gasteiger partial charge in [-0.25, -0.2) is 9.59 Å². The normalized spacial score (nSPS) is 10.2. The molecule has 2 rings (SSSR count). The number of carboxylic acid groups (broad SMARTS) is 2. The van der Waals surface area contributed by atoms with Crippen LogP contribution in [0, 0.1) is 0 Å². The van der Waals surface area contributed by atoms with E-state index in [-0.39, 0.29) is 0 Å². The lowest BCUT2D eigenvalue weighted by molar-refractivity contribution is 0.0686. The second-order valence-corrected chi connectivity index (χ2v) is 8.71.